The standard InChI is InChI=1S/C11H11ClF3NO/c1-10(2,16-9(17)11(13,14)15)7-3-5-8(12)6-4-7/h3-6H,1-2H3,(H,16,17). The van der Waals surface area contributed by atoms with Crippen LogP contribution in [0.5, 0.6) is 0 Å². The molecule has 0 atom stereocenters. The first kappa shape index (κ1) is 13.8. The molecule has 0 aliphatic carbocycles. The summed E-state index contributed by atoms with van der Waals surface area (Å²) in [5, 5.41) is 2.40. The molecule has 0 unspecified atom stereocenters. The average Bonchev–Trinajstić information content (AvgIpc) is 2.16. The molecule has 1 aromatic rings. The molecule has 0 saturated heterocycles. The van der Waals surface area contributed by atoms with Crippen molar-refractivity contribution in [2.24, 2.45) is 0 Å². The van der Waals surface area contributed by atoms with Gasteiger partial charge in [0.1, 0.15) is 0 Å². The zero-order valence-corrected chi connectivity index (χ0v) is 9.99. The average molecular weight is 266 g/mol. The van der Waals surface area contributed by atoms with Gasteiger partial charge in [-0.2, -0.15) is 13.2 Å². The van der Waals surface area contributed by atoms with Crippen molar-refractivity contribution < 1.29 is 18.0 Å². The predicted molar refractivity (Wildman–Crippen MR) is 58.7 cm³/mol. The number of hydrogen-bond donors (Lipinski definition) is 1. The van der Waals surface area contributed by atoms with E-state index >= 15 is 0 Å². The highest BCUT2D eigenvalue weighted by atomic mass is 35.5. The van der Waals surface area contributed by atoms with Crippen molar-refractivity contribution in [1.29, 1.82) is 0 Å². The van der Waals surface area contributed by atoms with E-state index in [4.69, 9.17) is 11.6 Å². The van der Waals surface area contributed by atoms with Crippen molar-refractivity contribution in [2.75, 3.05) is 0 Å². The zero-order chi connectivity index (χ0) is 13.3. The van der Waals surface area contributed by atoms with Gasteiger partial charge in [-0.1, -0.05) is 23.7 Å². The Hall–Kier alpha value is -1.23. The molecule has 1 rings (SSSR count). The highest BCUT2D eigenvalue weighted by Gasteiger charge is 2.41. The van der Waals surface area contributed by atoms with Crippen LogP contribution in [0.2, 0.25) is 5.02 Å². The molecule has 17 heavy (non-hydrogen) atoms. The maximum atomic E-state index is 12.1. The predicted octanol–water partition coefficient (Wildman–Crippen LogP) is 3.25. The van der Waals surface area contributed by atoms with Crippen molar-refractivity contribution in [2.45, 2.75) is 25.6 Å². The summed E-state index contributed by atoms with van der Waals surface area (Å²) in [6.45, 7) is 2.97. The van der Waals surface area contributed by atoms with Gasteiger partial charge in [0.05, 0.1) is 5.54 Å². The number of carbonyl (C=O) groups excluding carboxylic acids is 1. The molecule has 1 aromatic carbocycles. The monoisotopic (exact) mass is 265 g/mol. The summed E-state index contributed by atoms with van der Waals surface area (Å²) in [7, 11) is 0. The zero-order valence-electron chi connectivity index (χ0n) is 9.23. The number of nitrogens with one attached hydrogen (secondary N) is 1. The van der Waals surface area contributed by atoms with Gasteiger partial charge in [0.2, 0.25) is 0 Å². The number of carbonyl (C=O) groups is 1. The summed E-state index contributed by atoms with van der Waals surface area (Å²) in [5.41, 5.74) is -0.573. The lowest BCUT2D eigenvalue weighted by atomic mass is 9.94. The fourth-order valence-electron chi connectivity index (χ4n) is 1.29. The molecule has 0 fully saturated rings. The molecule has 0 spiro atoms. The summed E-state index contributed by atoms with van der Waals surface area (Å²) >= 11 is 5.67. The summed E-state index contributed by atoms with van der Waals surface area (Å²) in [4.78, 5) is 10.9. The number of amides is 1. The van der Waals surface area contributed by atoms with Gasteiger partial charge in [0, 0.05) is 5.02 Å². The normalized spacial score (nSPS) is 12.4. The highest BCUT2D eigenvalue weighted by Crippen LogP contribution is 2.24. The molecule has 2 nitrogen and oxygen atoms in total. The minimum Gasteiger partial charge on any atom is -0.339 e. The number of benzene rings is 1. The maximum absolute atomic E-state index is 12.1. The van der Waals surface area contributed by atoms with Gasteiger partial charge in [-0.05, 0) is 31.5 Å². The number of halogens is 4. The van der Waals surface area contributed by atoms with E-state index in [-0.39, 0.29) is 0 Å². The Morgan fingerprint density at radius 2 is 1.65 bits per heavy atom. The van der Waals surface area contributed by atoms with E-state index in [1.54, 1.807) is 24.3 Å². The van der Waals surface area contributed by atoms with Crippen molar-refractivity contribution in [3.05, 3.63) is 34.9 Å². The molecular weight excluding hydrogens is 255 g/mol. The van der Waals surface area contributed by atoms with Crippen LogP contribution in [0.4, 0.5) is 13.2 Å². The molecule has 0 radical (unpaired) electrons. The Morgan fingerprint density at radius 1 is 1.18 bits per heavy atom. The van der Waals surface area contributed by atoms with Crippen LogP contribution in [0.3, 0.4) is 0 Å². The lowest BCUT2D eigenvalue weighted by Crippen LogP contribution is -2.47. The molecule has 94 valence electrons. The van der Waals surface area contributed by atoms with E-state index in [1.807, 2.05) is 5.32 Å². The first-order chi connectivity index (χ1) is 7.63. The second-order valence-corrected chi connectivity index (χ2v) is 4.52. The second kappa shape index (κ2) is 4.56. The lowest BCUT2D eigenvalue weighted by Gasteiger charge is -2.27. The third-order valence-corrected chi connectivity index (χ3v) is 2.50. The molecule has 1 N–H and O–H groups in total. The van der Waals surface area contributed by atoms with Crippen molar-refractivity contribution in [1.82, 2.24) is 5.32 Å². The lowest BCUT2D eigenvalue weighted by molar-refractivity contribution is -0.175. The van der Waals surface area contributed by atoms with E-state index in [9.17, 15) is 18.0 Å². The third kappa shape index (κ3) is 3.63. The van der Waals surface area contributed by atoms with Gasteiger partial charge < -0.3 is 5.32 Å². The van der Waals surface area contributed by atoms with Crippen LogP contribution in [-0.2, 0) is 10.3 Å². The van der Waals surface area contributed by atoms with Crippen molar-refractivity contribution in [3.63, 3.8) is 0 Å². The first-order valence-corrected chi connectivity index (χ1v) is 5.16. The summed E-state index contributed by atoms with van der Waals surface area (Å²) < 4.78 is 36.4. The van der Waals surface area contributed by atoms with E-state index in [1.165, 1.54) is 13.8 Å². The minimum atomic E-state index is -4.89. The van der Waals surface area contributed by atoms with E-state index in [0.29, 0.717) is 10.6 Å². The Labute approximate surface area is 102 Å². The molecule has 0 saturated carbocycles. The van der Waals surface area contributed by atoms with Gasteiger partial charge >= 0.3 is 12.1 Å². The van der Waals surface area contributed by atoms with Gasteiger partial charge in [0.15, 0.2) is 0 Å². The number of alkyl halides is 3. The Kier molecular flexibility index (Phi) is 3.71. The molecular formula is C11H11ClF3NO. The quantitative estimate of drug-likeness (QED) is 0.874. The Morgan fingerprint density at radius 3 is 2.06 bits per heavy atom. The number of rotatable bonds is 2. The molecule has 1 amide bonds. The van der Waals surface area contributed by atoms with Crippen LogP contribution in [0, 0.1) is 0 Å². The highest BCUT2D eigenvalue weighted by molar-refractivity contribution is 6.30. The van der Waals surface area contributed by atoms with Gasteiger partial charge in [0.25, 0.3) is 0 Å². The molecule has 0 aliphatic rings. The van der Waals surface area contributed by atoms with E-state index in [2.05, 4.69) is 0 Å². The number of hydrogen-bond acceptors (Lipinski definition) is 1. The fourth-order valence-corrected chi connectivity index (χ4v) is 1.42. The summed E-state index contributed by atoms with van der Waals surface area (Å²) in [5.74, 6) is -1.96. The largest absolute Gasteiger partial charge is 0.471 e. The maximum Gasteiger partial charge on any atom is 0.471 e. The smallest absolute Gasteiger partial charge is 0.339 e. The molecule has 0 aliphatic heterocycles. The minimum absolute atomic E-state index is 0.478. The van der Waals surface area contributed by atoms with E-state index in [0.717, 1.165) is 0 Å². The molecule has 6 heteroatoms. The molecule has 0 aromatic heterocycles. The Bertz CT molecular complexity index is 412. The summed E-state index contributed by atoms with van der Waals surface area (Å²) in [6, 6.07) is 6.24. The third-order valence-electron chi connectivity index (χ3n) is 2.25. The van der Waals surface area contributed by atoms with Crippen LogP contribution in [0.1, 0.15) is 19.4 Å². The van der Waals surface area contributed by atoms with E-state index < -0.39 is 17.6 Å². The van der Waals surface area contributed by atoms with Crippen LogP contribution in [0.15, 0.2) is 24.3 Å². The van der Waals surface area contributed by atoms with Crippen molar-refractivity contribution >= 4 is 17.5 Å². The SMILES string of the molecule is CC(C)(NC(=O)C(F)(F)F)c1ccc(Cl)cc1. The van der Waals surface area contributed by atoms with Crippen LogP contribution >= 0.6 is 11.6 Å². The van der Waals surface area contributed by atoms with Gasteiger partial charge in [-0.3, -0.25) is 4.79 Å². The summed E-state index contributed by atoms with van der Waals surface area (Å²) in [6.07, 6.45) is -4.89. The van der Waals surface area contributed by atoms with Crippen LogP contribution in [-0.4, -0.2) is 12.1 Å². The second-order valence-electron chi connectivity index (χ2n) is 4.08. The molecule has 0 heterocycles. The first-order valence-electron chi connectivity index (χ1n) is 4.78. The van der Waals surface area contributed by atoms with Crippen molar-refractivity contribution in [3.8, 4) is 0 Å². The van der Waals surface area contributed by atoms with Gasteiger partial charge in [-0.15, -0.1) is 0 Å². The topological polar surface area (TPSA) is 29.1 Å². The van der Waals surface area contributed by atoms with Gasteiger partial charge in [-0.25, -0.2) is 0 Å². The van der Waals surface area contributed by atoms with Crippen LogP contribution < -0.4 is 5.32 Å². The van der Waals surface area contributed by atoms with Crippen LogP contribution in [0.25, 0.3) is 0 Å². The Balaban J connectivity index is 2.89. The molecule has 0 bridgehead atoms. The fraction of sp³-hybridized carbons (Fsp3) is 0.364.